The lowest BCUT2D eigenvalue weighted by molar-refractivity contribution is -0.122. The Kier molecular flexibility index (Phi) is 4.90. The van der Waals surface area contributed by atoms with Crippen molar-refractivity contribution in [1.82, 2.24) is 20.4 Å². The second-order valence-electron chi connectivity index (χ2n) is 4.02. The Morgan fingerprint density at radius 1 is 1.71 bits per heavy atom. The molecule has 0 fully saturated rings. The number of carbonyl (C=O) groups is 1. The van der Waals surface area contributed by atoms with E-state index in [2.05, 4.69) is 22.3 Å². The largest absolute Gasteiger partial charge is 0.351 e. The molecule has 17 heavy (non-hydrogen) atoms. The zero-order chi connectivity index (χ0) is 12.8. The van der Waals surface area contributed by atoms with Gasteiger partial charge in [0.25, 0.3) is 0 Å². The van der Waals surface area contributed by atoms with Gasteiger partial charge in [-0.05, 0) is 13.8 Å². The molecule has 0 aliphatic rings. The number of rotatable bonds is 6. The first-order valence-electron chi connectivity index (χ1n) is 5.65. The smallest absolute Gasteiger partial charge is 0.237 e. The average molecular weight is 236 g/mol. The monoisotopic (exact) mass is 236 g/mol. The normalized spacial score (nSPS) is 12.2. The first kappa shape index (κ1) is 13.4. The van der Waals surface area contributed by atoms with Gasteiger partial charge in [0.05, 0.1) is 12.2 Å². The van der Waals surface area contributed by atoms with Crippen LogP contribution in [0.1, 0.15) is 18.2 Å². The predicted molar refractivity (Wildman–Crippen MR) is 67.5 cm³/mol. The van der Waals surface area contributed by atoms with Crippen LogP contribution in [0, 0.1) is 6.92 Å². The van der Waals surface area contributed by atoms with E-state index in [1.165, 1.54) is 0 Å². The highest BCUT2D eigenvalue weighted by atomic mass is 16.2. The summed E-state index contributed by atoms with van der Waals surface area (Å²) in [6, 6.07) is -0.227. The van der Waals surface area contributed by atoms with Crippen LogP contribution in [0.15, 0.2) is 18.9 Å². The zero-order valence-corrected chi connectivity index (χ0v) is 10.7. The molecule has 1 aromatic heterocycles. The number of carbonyl (C=O) groups excluding carboxylic acids is 1. The lowest BCUT2D eigenvalue weighted by Gasteiger charge is -2.13. The van der Waals surface area contributed by atoms with Gasteiger partial charge in [-0.15, -0.1) is 6.58 Å². The average Bonchev–Trinajstić information content (AvgIpc) is 2.64. The van der Waals surface area contributed by atoms with E-state index in [0.717, 1.165) is 11.3 Å². The molecule has 0 spiro atoms. The maximum Gasteiger partial charge on any atom is 0.237 e. The molecule has 94 valence electrons. The highest BCUT2D eigenvalue weighted by Crippen LogP contribution is 2.04. The Morgan fingerprint density at radius 3 is 2.94 bits per heavy atom. The predicted octanol–water partition coefficient (Wildman–Crippen LogP) is 0.509. The SMILES string of the molecule is C=CCNC(=O)C(C)NCc1cnn(C)c1C. The van der Waals surface area contributed by atoms with Crippen molar-refractivity contribution < 1.29 is 4.79 Å². The summed E-state index contributed by atoms with van der Waals surface area (Å²) < 4.78 is 1.82. The van der Waals surface area contributed by atoms with E-state index in [1.54, 1.807) is 6.08 Å². The van der Waals surface area contributed by atoms with Gasteiger partial charge in [0.15, 0.2) is 0 Å². The lowest BCUT2D eigenvalue weighted by atomic mass is 10.2. The number of nitrogens with zero attached hydrogens (tertiary/aromatic N) is 2. The first-order chi connectivity index (χ1) is 8.06. The van der Waals surface area contributed by atoms with E-state index in [9.17, 15) is 4.79 Å². The molecule has 1 unspecified atom stereocenters. The maximum absolute atomic E-state index is 11.6. The zero-order valence-electron chi connectivity index (χ0n) is 10.7. The van der Waals surface area contributed by atoms with Crippen molar-refractivity contribution in [3.8, 4) is 0 Å². The fourth-order valence-electron chi connectivity index (χ4n) is 1.40. The van der Waals surface area contributed by atoms with Crippen molar-refractivity contribution in [1.29, 1.82) is 0 Å². The van der Waals surface area contributed by atoms with E-state index in [0.29, 0.717) is 13.1 Å². The van der Waals surface area contributed by atoms with Gasteiger partial charge >= 0.3 is 0 Å². The summed E-state index contributed by atoms with van der Waals surface area (Å²) in [5, 5.41) is 10.1. The minimum Gasteiger partial charge on any atom is -0.351 e. The fraction of sp³-hybridized carbons (Fsp3) is 0.500. The molecular weight excluding hydrogens is 216 g/mol. The van der Waals surface area contributed by atoms with Crippen LogP contribution in [0.5, 0.6) is 0 Å². The molecule has 5 nitrogen and oxygen atoms in total. The van der Waals surface area contributed by atoms with Gasteiger partial charge in [0, 0.05) is 31.4 Å². The van der Waals surface area contributed by atoms with Crippen LogP contribution in [-0.2, 0) is 18.4 Å². The summed E-state index contributed by atoms with van der Waals surface area (Å²) in [5.41, 5.74) is 2.21. The Bertz CT molecular complexity index is 397. The molecule has 1 atom stereocenters. The molecule has 1 amide bonds. The van der Waals surface area contributed by atoms with E-state index in [4.69, 9.17) is 0 Å². The third kappa shape index (κ3) is 3.71. The summed E-state index contributed by atoms with van der Waals surface area (Å²) in [6.45, 7) is 8.54. The van der Waals surface area contributed by atoms with Gasteiger partial charge in [0.1, 0.15) is 0 Å². The van der Waals surface area contributed by atoms with Crippen molar-refractivity contribution in [3.63, 3.8) is 0 Å². The van der Waals surface area contributed by atoms with Crippen LogP contribution in [0.25, 0.3) is 0 Å². The molecule has 0 saturated heterocycles. The highest BCUT2D eigenvalue weighted by molar-refractivity contribution is 5.81. The Labute approximate surface area is 102 Å². The number of aromatic nitrogens is 2. The van der Waals surface area contributed by atoms with Gasteiger partial charge in [-0.2, -0.15) is 5.10 Å². The first-order valence-corrected chi connectivity index (χ1v) is 5.65. The Morgan fingerprint density at radius 2 is 2.41 bits per heavy atom. The summed E-state index contributed by atoms with van der Waals surface area (Å²) >= 11 is 0. The van der Waals surface area contributed by atoms with Crippen LogP contribution < -0.4 is 10.6 Å². The molecule has 0 saturated carbocycles. The van der Waals surface area contributed by atoms with Crippen LogP contribution in [-0.4, -0.2) is 28.3 Å². The summed E-state index contributed by atoms with van der Waals surface area (Å²) in [6.07, 6.45) is 3.48. The van der Waals surface area contributed by atoms with Crippen molar-refractivity contribution in [2.45, 2.75) is 26.4 Å². The molecule has 0 aliphatic carbocycles. The van der Waals surface area contributed by atoms with Crippen LogP contribution >= 0.6 is 0 Å². The van der Waals surface area contributed by atoms with Crippen molar-refractivity contribution in [3.05, 3.63) is 30.1 Å². The third-order valence-electron chi connectivity index (χ3n) is 2.75. The second-order valence-corrected chi connectivity index (χ2v) is 4.02. The van der Waals surface area contributed by atoms with Gasteiger partial charge in [-0.1, -0.05) is 6.08 Å². The molecule has 1 rings (SSSR count). The molecule has 1 heterocycles. The molecule has 2 N–H and O–H groups in total. The van der Waals surface area contributed by atoms with Gasteiger partial charge in [-0.3, -0.25) is 9.48 Å². The minimum atomic E-state index is -0.227. The van der Waals surface area contributed by atoms with Crippen LogP contribution in [0.2, 0.25) is 0 Å². The molecule has 1 aromatic rings. The van der Waals surface area contributed by atoms with E-state index >= 15 is 0 Å². The van der Waals surface area contributed by atoms with Crippen molar-refractivity contribution in [2.75, 3.05) is 6.54 Å². The minimum absolute atomic E-state index is 0.0218. The van der Waals surface area contributed by atoms with Gasteiger partial charge in [-0.25, -0.2) is 0 Å². The maximum atomic E-state index is 11.6. The summed E-state index contributed by atoms with van der Waals surface area (Å²) in [7, 11) is 1.90. The van der Waals surface area contributed by atoms with E-state index in [1.807, 2.05) is 31.8 Å². The number of amides is 1. The topological polar surface area (TPSA) is 59.0 Å². The second kappa shape index (κ2) is 6.20. The number of hydrogen-bond acceptors (Lipinski definition) is 3. The van der Waals surface area contributed by atoms with Gasteiger partial charge in [0.2, 0.25) is 5.91 Å². The number of aryl methyl sites for hydroxylation is 1. The molecule has 0 aromatic carbocycles. The summed E-state index contributed by atoms with van der Waals surface area (Å²) in [5.74, 6) is -0.0218. The quantitative estimate of drug-likeness (QED) is 0.708. The number of nitrogens with one attached hydrogen (secondary N) is 2. The lowest BCUT2D eigenvalue weighted by Crippen LogP contribution is -2.41. The van der Waals surface area contributed by atoms with E-state index < -0.39 is 0 Å². The van der Waals surface area contributed by atoms with E-state index in [-0.39, 0.29) is 11.9 Å². The molecule has 0 radical (unpaired) electrons. The fourth-order valence-corrected chi connectivity index (χ4v) is 1.40. The summed E-state index contributed by atoms with van der Waals surface area (Å²) in [4.78, 5) is 11.6. The standard InChI is InChI=1S/C12H20N4O/c1-5-6-13-12(17)9(2)14-7-11-8-15-16(4)10(11)3/h5,8-9,14H,1,6-7H2,2-4H3,(H,13,17). The van der Waals surface area contributed by atoms with Crippen LogP contribution in [0.4, 0.5) is 0 Å². The molecular formula is C12H20N4O. The molecule has 5 heteroatoms. The van der Waals surface area contributed by atoms with Gasteiger partial charge < -0.3 is 10.6 Å². The third-order valence-corrected chi connectivity index (χ3v) is 2.75. The highest BCUT2D eigenvalue weighted by Gasteiger charge is 2.12. The number of hydrogen-bond donors (Lipinski definition) is 2. The van der Waals surface area contributed by atoms with Crippen LogP contribution in [0.3, 0.4) is 0 Å². The van der Waals surface area contributed by atoms with Crippen molar-refractivity contribution >= 4 is 5.91 Å². The molecule has 0 bridgehead atoms. The Balaban J connectivity index is 2.42. The van der Waals surface area contributed by atoms with Crippen molar-refractivity contribution in [2.24, 2.45) is 7.05 Å². The molecule has 0 aliphatic heterocycles. The Hall–Kier alpha value is -1.62.